The first-order chi connectivity index (χ1) is 16.2. The van der Waals surface area contributed by atoms with E-state index in [-0.39, 0.29) is 23.7 Å². The first kappa shape index (κ1) is 23.8. The predicted octanol–water partition coefficient (Wildman–Crippen LogP) is 3.64. The zero-order chi connectivity index (χ0) is 24.5. The van der Waals surface area contributed by atoms with E-state index in [0.717, 1.165) is 11.8 Å². The van der Waals surface area contributed by atoms with Gasteiger partial charge in [-0.05, 0) is 67.8 Å². The van der Waals surface area contributed by atoms with Crippen LogP contribution in [0.4, 0.5) is 4.39 Å². The number of aliphatic hydroxyl groups excluding tert-OH is 1. The summed E-state index contributed by atoms with van der Waals surface area (Å²) < 4.78 is 46.4. The zero-order valence-corrected chi connectivity index (χ0v) is 19.5. The van der Waals surface area contributed by atoms with E-state index < -0.39 is 33.1 Å². The van der Waals surface area contributed by atoms with E-state index in [1.165, 1.54) is 26.0 Å². The van der Waals surface area contributed by atoms with Crippen molar-refractivity contribution < 1.29 is 27.4 Å². The second kappa shape index (κ2) is 9.52. The Morgan fingerprint density at radius 1 is 1.21 bits per heavy atom. The smallest absolute Gasteiger partial charge is 0.265 e. The first-order valence-corrected chi connectivity index (χ1v) is 12.4. The summed E-state index contributed by atoms with van der Waals surface area (Å²) in [6.07, 6.45) is 1.46. The maximum Gasteiger partial charge on any atom is 0.265 e. The number of hydrogen-bond donors (Lipinski definition) is 2. The minimum absolute atomic E-state index is 0.00922. The predicted molar refractivity (Wildman–Crippen MR) is 125 cm³/mol. The SMILES string of the molecule is CC(C)S(=O)(=O)NC(=O)c1ccc(F)cc1-c1ccc2c(c1)OCC(Cc1ccccn1)[C@@H]2O. The standard InChI is InChI=1S/C25H25FN2O5S/c1-15(2)34(31,32)28-25(30)20-9-7-18(26)13-22(20)16-6-8-21-23(12-16)33-14-17(24(21)29)11-19-5-3-4-10-27-19/h3-10,12-13,15,17,24,29H,11,14H2,1-2H3,(H,28,30)/t17?,24-/m0/s1. The summed E-state index contributed by atoms with van der Waals surface area (Å²) in [5.41, 5.74) is 2.12. The van der Waals surface area contributed by atoms with E-state index in [9.17, 15) is 22.7 Å². The van der Waals surface area contributed by atoms with Crippen LogP contribution in [0.3, 0.4) is 0 Å². The van der Waals surface area contributed by atoms with E-state index in [4.69, 9.17) is 4.74 Å². The summed E-state index contributed by atoms with van der Waals surface area (Å²) >= 11 is 0. The highest BCUT2D eigenvalue weighted by molar-refractivity contribution is 7.90. The molecule has 2 N–H and O–H groups in total. The third kappa shape index (κ3) is 4.95. The maximum absolute atomic E-state index is 14.1. The number of carbonyl (C=O) groups is 1. The number of aliphatic hydroxyl groups is 1. The maximum atomic E-state index is 14.1. The number of hydrogen-bond acceptors (Lipinski definition) is 6. The number of rotatable bonds is 6. The number of halogens is 1. The Bertz CT molecular complexity index is 1310. The number of amides is 1. The third-order valence-electron chi connectivity index (χ3n) is 5.82. The van der Waals surface area contributed by atoms with Crippen LogP contribution in [0.15, 0.2) is 60.8 Å². The van der Waals surface area contributed by atoms with Crippen LogP contribution in [0.5, 0.6) is 5.75 Å². The molecular formula is C25H25FN2O5S. The van der Waals surface area contributed by atoms with Gasteiger partial charge in [0.25, 0.3) is 5.91 Å². The van der Waals surface area contributed by atoms with Crippen LogP contribution in [0.25, 0.3) is 11.1 Å². The fraction of sp³-hybridized carbons (Fsp3) is 0.280. The second-order valence-corrected chi connectivity index (χ2v) is 10.7. The molecule has 7 nitrogen and oxygen atoms in total. The largest absolute Gasteiger partial charge is 0.493 e. The quantitative estimate of drug-likeness (QED) is 0.554. The summed E-state index contributed by atoms with van der Waals surface area (Å²) in [6, 6.07) is 14.1. The monoisotopic (exact) mass is 484 g/mol. The lowest BCUT2D eigenvalue weighted by Crippen LogP contribution is -2.36. The Morgan fingerprint density at radius 2 is 2.00 bits per heavy atom. The third-order valence-corrected chi connectivity index (χ3v) is 7.53. The number of aromatic nitrogens is 1. The van der Waals surface area contributed by atoms with Crippen LogP contribution in [0.2, 0.25) is 0 Å². The molecule has 1 aromatic heterocycles. The van der Waals surface area contributed by atoms with Crippen LogP contribution in [0.1, 0.15) is 41.6 Å². The van der Waals surface area contributed by atoms with Crippen LogP contribution in [-0.2, 0) is 16.4 Å². The van der Waals surface area contributed by atoms with E-state index in [2.05, 4.69) is 4.98 Å². The normalized spacial score (nSPS) is 17.7. The minimum atomic E-state index is -3.86. The summed E-state index contributed by atoms with van der Waals surface area (Å²) in [7, 11) is -3.86. The van der Waals surface area contributed by atoms with Crippen molar-refractivity contribution in [2.24, 2.45) is 5.92 Å². The lowest BCUT2D eigenvalue weighted by atomic mass is 9.88. The Labute approximate surface area is 197 Å². The molecule has 3 aromatic rings. The molecule has 4 rings (SSSR count). The molecule has 2 atom stereocenters. The van der Waals surface area contributed by atoms with Crippen LogP contribution < -0.4 is 9.46 Å². The molecule has 1 aliphatic heterocycles. The fourth-order valence-corrected chi connectivity index (χ4v) is 4.43. The van der Waals surface area contributed by atoms with Crippen molar-refractivity contribution in [2.45, 2.75) is 31.6 Å². The summed E-state index contributed by atoms with van der Waals surface area (Å²) in [4.78, 5) is 17.0. The molecule has 0 radical (unpaired) electrons. The number of nitrogens with one attached hydrogen (secondary N) is 1. The van der Waals surface area contributed by atoms with Crippen molar-refractivity contribution in [2.75, 3.05) is 6.61 Å². The Morgan fingerprint density at radius 3 is 2.71 bits per heavy atom. The Hall–Kier alpha value is -3.30. The van der Waals surface area contributed by atoms with Gasteiger partial charge in [-0.1, -0.05) is 18.2 Å². The van der Waals surface area contributed by atoms with E-state index in [1.54, 1.807) is 24.4 Å². The molecule has 0 aliphatic carbocycles. The molecule has 178 valence electrons. The van der Waals surface area contributed by atoms with Gasteiger partial charge in [0.05, 0.1) is 18.0 Å². The summed E-state index contributed by atoms with van der Waals surface area (Å²) in [5.74, 6) is -1.19. The molecule has 1 amide bonds. The highest BCUT2D eigenvalue weighted by Gasteiger charge is 2.30. The lowest BCUT2D eigenvalue weighted by Gasteiger charge is -2.30. The molecule has 1 unspecified atom stereocenters. The molecule has 0 bridgehead atoms. The number of sulfonamides is 1. The summed E-state index contributed by atoms with van der Waals surface area (Å²) in [6.45, 7) is 3.17. The molecule has 0 spiro atoms. The van der Waals surface area contributed by atoms with E-state index >= 15 is 0 Å². The van der Waals surface area contributed by atoms with Gasteiger partial charge in [-0.25, -0.2) is 17.5 Å². The molecule has 0 saturated carbocycles. The lowest BCUT2D eigenvalue weighted by molar-refractivity contribution is 0.0503. The fourth-order valence-electron chi connectivity index (χ4n) is 3.83. The van der Waals surface area contributed by atoms with Gasteiger partial charge in [0.1, 0.15) is 11.6 Å². The van der Waals surface area contributed by atoms with Gasteiger partial charge >= 0.3 is 0 Å². The van der Waals surface area contributed by atoms with Gasteiger partial charge < -0.3 is 9.84 Å². The molecule has 2 aromatic carbocycles. The zero-order valence-electron chi connectivity index (χ0n) is 18.7. The number of ether oxygens (including phenoxy) is 1. The average molecular weight is 485 g/mol. The number of fused-ring (bicyclic) bond motifs is 1. The van der Waals surface area contributed by atoms with Crippen molar-refractivity contribution in [3.8, 4) is 16.9 Å². The van der Waals surface area contributed by atoms with Gasteiger partial charge in [0.2, 0.25) is 10.0 Å². The van der Waals surface area contributed by atoms with Crippen LogP contribution in [0, 0.1) is 11.7 Å². The van der Waals surface area contributed by atoms with Crippen molar-refractivity contribution in [1.82, 2.24) is 9.71 Å². The molecule has 0 saturated heterocycles. The van der Waals surface area contributed by atoms with Crippen molar-refractivity contribution in [1.29, 1.82) is 0 Å². The van der Waals surface area contributed by atoms with Crippen molar-refractivity contribution >= 4 is 15.9 Å². The van der Waals surface area contributed by atoms with E-state index in [1.807, 2.05) is 22.9 Å². The Kier molecular flexibility index (Phi) is 6.67. The van der Waals surface area contributed by atoms with E-state index in [0.29, 0.717) is 23.3 Å². The highest BCUT2D eigenvalue weighted by Crippen LogP contribution is 2.39. The number of nitrogens with zero attached hydrogens (tertiary/aromatic N) is 1. The number of carbonyl (C=O) groups excluding carboxylic acids is 1. The number of benzene rings is 2. The molecule has 9 heteroatoms. The van der Waals surface area contributed by atoms with Gasteiger partial charge in [-0.15, -0.1) is 0 Å². The van der Waals surface area contributed by atoms with Crippen LogP contribution in [-0.4, -0.2) is 36.3 Å². The first-order valence-electron chi connectivity index (χ1n) is 10.9. The van der Waals surface area contributed by atoms with Crippen LogP contribution >= 0.6 is 0 Å². The van der Waals surface area contributed by atoms with Crippen molar-refractivity contribution in [3.05, 3.63) is 83.4 Å². The number of pyridine rings is 1. The van der Waals surface area contributed by atoms with Gasteiger partial charge in [0.15, 0.2) is 0 Å². The molecular weight excluding hydrogens is 459 g/mol. The molecule has 0 fully saturated rings. The topological polar surface area (TPSA) is 106 Å². The average Bonchev–Trinajstić information content (AvgIpc) is 2.81. The van der Waals surface area contributed by atoms with Gasteiger partial charge in [-0.3, -0.25) is 9.78 Å². The Balaban J connectivity index is 1.63. The highest BCUT2D eigenvalue weighted by atomic mass is 32.2. The molecule has 2 heterocycles. The minimum Gasteiger partial charge on any atom is -0.493 e. The van der Waals surface area contributed by atoms with Gasteiger partial charge in [0, 0.05) is 28.9 Å². The van der Waals surface area contributed by atoms with Crippen molar-refractivity contribution in [3.63, 3.8) is 0 Å². The molecule has 1 aliphatic rings. The molecule has 34 heavy (non-hydrogen) atoms. The second-order valence-electron chi connectivity index (χ2n) is 8.51. The summed E-state index contributed by atoms with van der Waals surface area (Å²) in [5, 5.41) is 10.1. The van der Waals surface area contributed by atoms with Gasteiger partial charge in [-0.2, -0.15) is 0 Å².